The molecule has 1 unspecified atom stereocenters. The Balaban J connectivity index is 1.38. The van der Waals surface area contributed by atoms with Gasteiger partial charge in [-0.15, -0.1) is 0 Å². The maximum Gasteiger partial charge on any atom is 0.103 e. The smallest absolute Gasteiger partial charge is 0.103 e. The number of hydrogen-bond donors (Lipinski definition) is 1. The molecule has 1 atom stereocenters. The molecule has 1 aliphatic carbocycles. The van der Waals surface area contributed by atoms with Gasteiger partial charge in [0.15, 0.2) is 0 Å². The molecule has 4 aromatic carbocycles. The molecule has 0 bridgehead atoms. The topological polar surface area (TPSA) is 66.2 Å². The Morgan fingerprint density at radius 2 is 1.41 bits per heavy atom. The number of nitrogens with one attached hydrogen (secondary N) is 1. The van der Waals surface area contributed by atoms with Crippen LogP contribution in [-0.2, 0) is 16.1 Å². The highest BCUT2D eigenvalue weighted by atomic mass is 32.2. The van der Waals surface area contributed by atoms with E-state index in [0.717, 1.165) is 69.9 Å². The van der Waals surface area contributed by atoms with Gasteiger partial charge in [-0.3, -0.25) is 9.98 Å². The van der Waals surface area contributed by atoms with Crippen molar-refractivity contribution in [3.8, 4) is 11.1 Å². The van der Waals surface area contributed by atoms with Gasteiger partial charge in [0.25, 0.3) is 0 Å². The Bertz CT molecular complexity index is 2140. The fourth-order valence-corrected chi connectivity index (χ4v) is 8.58. The molecule has 8 rings (SSSR count). The normalized spacial score (nSPS) is 19.2. The minimum absolute atomic E-state index is 0.625. The fraction of sp³-hybridized carbons (Fsp3) is 0.118. The van der Waals surface area contributed by atoms with Crippen LogP contribution in [-0.4, -0.2) is 14.9 Å². The first-order valence-corrected chi connectivity index (χ1v) is 14.9. The Morgan fingerprint density at radius 3 is 2.31 bits per heavy atom. The number of fused-ring (bicyclic) bond motifs is 7. The number of nitrogens with zero attached hydrogens (tertiary/aromatic N) is 2. The summed E-state index contributed by atoms with van der Waals surface area (Å²) in [5.74, 6) is 0. The molecular weight excluding hydrogens is 498 g/mol. The summed E-state index contributed by atoms with van der Waals surface area (Å²) in [4.78, 5) is 11.2. The van der Waals surface area contributed by atoms with Crippen LogP contribution in [0.2, 0.25) is 0 Å². The van der Waals surface area contributed by atoms with Gasteiger partial charge >= 0.3 is 0 Å². The van der Waals surface area contributed by atoms with Gasteiger partial charge in [0, 0.05) is 28.4 Å². The van der Waals surface area contributed by atoms with E-state index >= 15 is 0 Å². The van der Waals surface area contributed by atoms with E-state index in [1.807, 2.05) is 48.7 Å². The van der Waals surface area contributed by atoms with Crippen molar-refractivity contribution >= 4 is 43.2 Å². The summed E-state index contributed by atoms with van der Waals surface area (Å²) >= 11 is 0. The third-order valence-corrected chi connectivity index (χ3v) is 10.4. The lowest BCUT2D eigenvalue weighted by Gasteiger charge is -2.23. The minimum Gasteiger partial charge on any atom is -0.254 e. The molecule has 0 amide bonds. The molecule has 5 aromatic rings. The first-order chi connectivity index (χ1) is 19.1. The first-order valence-electron chi connectivity index (χ1n) is 13.4. The molecule has 0 spiro atoms. The Kier molecular flexibility index (Phi) is 4.83. The Morgan fingerprint density at radius 1 is 0.667 bits per heavy atom. The van der Waals surface area contributed by atoms with Crippen molar-refractivity contribution in [2.24, 2.45) is 4.99 Å². The first kappa shape index (κ1) is 22.6. The van der Waals surface area contributed by atoms with Crippen molar-refractivity contribution in [2.45, 2.75) is 35.5 Å². The minimum atomic E-state index is -3.09. The van der Waals surface area contributed by atoms with Crippen molar-refractivity contribution < 1.29 is 4.21 Å². The average molecular weight is 524 g/mol. The molecule has 188 valence electrons. The van der Waals surface area contributed by atoms with Crippen LogP contribution in [0.15, 0.2) is 112 Å². The maximum absolute atomic E-state index is 14.0. The Hall–Kier alpha value is -4.35. The van der Waals surface area contributed by atoms with Crippen LogP contribution in [0.1, 0.15) is 30.4 Å². The molecule has 5 heteroatoms. The van der Waals surface area contributed by atoms with Gasteiger partial charge in [-0.05, 0) is 70.5 Å². The lowest BCUT2D eigenvalue weighted by molar-refractivity contribution is 0.676. The monoisotopic (exact) mass is 523 g/mol. The van der Waals surface area contributed by atoms with Crippen LogP contribution in [0.25, 0.3) is 33.2 Å². The van der Waals surface area contributed by atoms with Crippen molar-refractivity contribution in [1.82, 2.24) is 4.98 Å². The average Bonchev–Trinajstić information content (AvgIpc) is 3.23. The predicted molar refractivity (Wildman–Crippen MR) is 157 cm³/mol. The second kappa shape index (κ2) is 8.32. The lowest BCUT2D eigenvalue weighted by Crippen LogP contribution is -2.35. The number of pyridine rings is 1. The van der Waals surface area contributed by atoms with E-state index in [1.165, 1.54) is 21.9 Å². The van der Waals surface area contributed by atoms with E-state index < -0.39 is 9.73 Å². The highest BCUT2D eigenvalue weighted by molar-refractivity contribution is 7.93. The number of aliphatic imine (C=N–C) groups is 1. The Labute approximate surface area is 227 Å². The highest BCUT2D eigenvalue weighted by Gasteiger charge is 2.33. The predicted octanol–water partition coefficient (Wildman–Crippen LogP) is 6.54. The summed E-state index contributed by atoms with van der Waals surface area (Å²) in [6.07, 6.45) is 5.37. The molecule has 3 heterocycles. The van der Waals surface area contributed by atoms with Crippen LogP contribution in [0.3, 0.4) is 0 Å². The zero-order chi connectivity index (χ0) is 26.1. The van der Waals surface area contributed by atoms with Gasteiger partial charge in [0.05, 0.1) is 21.0 Å². The summed E-state index contributed by atoms with van der Waals surface area (Å²) in [6.45, 7) is 0. The molecule has 1 aromatic heterocycles. The quantitative estimate of drug-likeness (QED) is 0.280. The van der Waals surface area contributed by atoms with E-state index in [-0.39, 0.29) is 0 Å². The van der Waals surface area contributed by atoms with Gasteiger partial charge in [0.2, 0.25) is 0 Å². The van der Waals surface area contributed by atoms with Crippen LogP contribution >= 0.6 is 0 Å². The molecule has 2 aliphatic heterocycles. The van der Waals surface area contributed by atoms with E-state index in [2.05, 4.69) is 53.5 Å². The zero-order valence-electron chi connectivity index (χ0n) is 21.3. The number of benzene rings is 4. The van der Waals surface area contributed by atoms with Gasteiger partial charge in [0.1, 0.15) is 9.73 Å². The van der Waals surface area contributed by atoms with Gasteiger partial charge in [-0.1, -0.05) is 78.9 Å². The van der Waals surface area contributed by atoms with E-state index in [4.69, 9.17) is 9.77 Å². The largest absolute Gasteiger partial charge is 0.254 e. The van der Waals surface area contributed by atoms with Crippen molar-refractivity contribution in [2.75, 3.05) is 0 Å². The molecule has 0 saturated heterocycles. The van der Waals surface area contributed by atoms with Crippen LogP contribution in [0, 0.1) is 4.78 Å². The zero-order valence-corrected chi connectivity index (χ0v) is 22.1. The van der Waals surface area contributed by atoms with Crippen LogP contribution < -0.4 is 10.4 Å². The summed E-state index contributed by atoms with van der Waals surface area (Å²) < 4.78 is 23.0. The van der Waals surface area contributed by atoms with Crippen LogP contribution in [0.4, 0.5) is 5.69 Å². The molecular formula is C34H25N3OS. The van der Waals surface area contributed by atoms with E-state index in [1.54, 1.807) is 0 Å². The van der Waals surface area contributed by atoms with Gasteiger partial charge < -0.3 is 0 Å². The van der Waals surface area contributed by atoms with Crippen molar-refractivity contribution in [3.05, 3.63) is 119 Å². The standard InChI is InChI=1S/C34H25N3OS/c35-39(38)31-13-4-3-10-27(31)29-12-5-11-28(34(29)39)25-17-18-26(24-9-2-1-8-23(24)25)30-19-16-22-15-14-21-7-6-20-36-32(21)33(22)37-30/h1-15,20,35H,16-19H2. The SMILES string of the molecule is N=S1(=O)c2ccccc2-c2cccc(C3=c4ccccc4=C(C4=Nc5c(ccc6cccnc56)CC4)CC3)c21. The van der Waals surface area contributed by atoms with Crippen LogP contribution in [0.5, 0.6) is 0 Å². The second-order valence-electron chi connectivity index (χ2n) is 10.4. The molecule has 0 fully saturated rings. The highest BCUT2D eigenvalue weighted by Crippen LogP contribution is 2.47. The van der Waals surface area contributed by atoms with Gasteiger partial charge in [-0.2, -0.15) is 0 Å². The molecule has 3 aliphatic rings. The molecule has 1 N–H and O–H groups in total. The summed E-state index contributed by atoms with van der Waals surface area (Å²) in [6, 6.07) is 30.7. The third kappa shape index (κ3) is 3.26. The fourth-order valence-electron chi connectivity index (χ4n) is 6.61. The van der Waals surface area contributed by atoms with Gasteiger partial charge in [-0.25, -0.2) is 8.99 Å². The number of rotatable bonds is 2. The molecule has 4 nitrogen and oxygen atoms in total. The van der Waals surface area contributed by atoms with Crippen molar-refractivity contribution in [3.63, 3.8) is 0 Å². The molecule has 39 heavy (non-hydrogen) atoms. The molecule has 0 radical (unpaired) electrons. The van der Waals surface area contributed by atoms with Crippen molar-refractivity contribution in [1.29, 1.82) is 4.78 Å². The summed E-state index contributed by atoms with van der Waals surface area (Å²) in [5.41, 5.74) is 9.61. The van der Waals surface area contributed by atoms with E-state index in [9.17, 15) is 4.21 Å². The third-order valence-electron chi connectivity index (χ3n) is 8.37. The summed E-state index contributed by atoms with van der Waals surface area (Å²) in [7, 11) is -3.09. The second-order valence-corrected chi connectivity index (χ2v) is 12.4. The number of aromatic nitrogens is 1. The maximum atomic E-state index is 14.0. The molecule has 0 saturated carbocycles. The van der Waals surface area contributed by atoms with E-state index in [0.29, 0.717) is 9.79 Å². The lowest BCUT2D eigenvalue weighted by atomic mass is 9.85. The number of aryl methyl sites for hydroxylation is 1. The number of hydrogen-bond acceptors (Lipinski definition) is 4. The summed E-state index contributed by atoms with van der Waals surface area (Å²) in [5, 5.41) is 3.46.